The van der Waals surface area contributed by atoms with E-state index in [-0.39, 0.29) is 11.6 Å². The minimum atomic E-state index is -3.44. The second kappa shape index (κ2) is 5.43. The summed E-state index contributed by atoms with van der Waals surface area (Å²) in [7, 11) is -3.44. The lowest BCUT2D eigenvalue weighted by Gasteiger charge is -2.23. The molecule has 7 heteroatoms. The lowest BCUT2D eigenvalue weighted by atomic mass is 9.97. The van der Waals surface area contributed by atoms with Crippen LogP contribution in [0.25, 0.3) is 0 Å². The highest BCUT2D eigenvalue weighted by Gasteiger charge is 2.48. The average molecular weight is 333 g/mol. The summed E-state index contributed by atoms with van der Waals surface area (Å²) in [6, 6.07) is 8.84. The normalized spacial score (nSPS) is 28.6. The SMILES string of the molecule is O=S(=O)(c1ccccc1)N1CC[C@]2(C[C@@H](n3ccnc3)CO2)C1. The summed E-state index contributed by atoms with van der Waals surface area (Å²) in [6.45, 7) is 1.54. The van der Waals surface area contributed by atoms with Crippen molar-refractivity contribution in [3.63, 3.8) is 0 Å². The Kier molecular flexibility index (Phi) is 3.51. The van der Waals surface area contributed by atoms with Crippen LogP contribution in [0.2, 0.25) is 0 Å². The van der Waals surface area contributed by atoms with Gasteiger partial charge in [0.1, 0.15) is 0 Å². The van der Waals surface area contributed by atoms with Crippen LogP contribution in [-0.2, 0) is 14.8 Å². The molecule has 0 aliphatic carbocycles. The van der Waals surface area contributed by atoms with E-state index in [1.165, 1.54) is 0 Å². The fourth-order valence-electron chi connectivity index (χ4n) is 3.54. The van der Waals surface area contributed by atoms with E-state index in [0.29, 0.717) is 24.6 Å². The van der Waals surface area contributed by atoms with Crippen LogP contribution in [0.4, 0.5) is 0 Å². The van der Waals surface area contributed by atoms with E-state index in [9.17, 15) is 8.42 Å². The molecule has 2 aliphatic heterocycles. The first kappa shape index (κ1) is 14.9. The van der Waals surface area contributed by atoms with Gasteiger partial charge < -0.3 is 9.30 Å². The van der Waals surface area contributed by atoms with Crippen LogP contribution >= 0.6 is 0 Å². The Morgan fingerprint density at radius 2 is 2.09 bits per heavy atom. The molecule has 0 bridgehead atoms. The van der Waals surface area contributed by atoms with E-state index >= 15 is 0 Å². The zero-order valence-electron chi connectivity index (χ0n) is 12.7. The fourth-order valence-corrected chi connectivity index (χ4v) is 5.07. The zero-order valence-corrected chi connectivity index (χ0v) is 13.5. The van der Waals surface area contributed by atoms with Crippen molar-refractivity contribution in [1.82, 2.24) is 13.9 Å². The molecule has 0 radical (unpaired) electrons. The molecule has 2 atom stereocenters. The van der Waals surface area contributed by atoms with Gasteiger partial charge in [0.15, 0.2) is 0 Å². The van der Waals surface area contributed by atoms with Crippen LogP contribution in [0, 0.1) is 0 Å². The van der Waals surface area contributed by atoms with Crippen molar-refractivity contribution in [2.75, 3.05) is 19.7 Å². The minimum absolute atomic E-state index is 0.233. The maximum Gasteiger partial charge on any atom is 0.243 e. The average Bonchev–Trinajstić information content (AvgIpc) is 3.30. The second-order valence-electron chi connectivity index (χ2n) is 6.26. The van der Waals surface area contributed by atoms with Crippen LogP contribution in [-0.4, -0.2) is 47.6 Å². The fraction of sp³-hybridized carbons (Fsp3) is 0.438. The lowest BCUT2D eigenvalue weighted by molar-refractivity contribution is 0.0165. The smallest absolute Gasteiger partial charge is 0.243 e. The number of imidazole rings is 1. The van der Waals surface area contributed by atoms with Gasteiger partial charge in [-0.25, -0.2) is 13.4 Å². The van der Waals surface area contributed by atoms with Gasteiger partial charge in [-0.3, -0.25) is 0 Å². The van der Waals surface area contributed by atoms with E-state index in [0.717, 1.165) is 12.8 Å². The summed E-state index contributed by atoms with van der Waals surface area (Å²) < 4.78 is 35.1. The Hall–Kier alpha value is -1.70. The van der Waals surface area contributed by atoms with Crippen LogP contribution < -0.4 is 0 Å². The number of hydrogen-bond acceptors (Lipinski definition) is 4. The van der Waals surface area contributed by atoms with Gasteiger partial charge in [0.05, 0.1) is 29.5 Å². The van der Waals surface area contributed by atoms with Gasteiger partial charge in [-0.2, -0.15) is 4.31 Å². The maximum atomic E-state index is 12.7. The molecule has 1 spiro atoms. The highest BCUT2D eigenvalue weighted by Crippen LogP contribution is 2.41. The van der Waals surface area contributed by atoms with Crippen molar-refractivity contribution < 1.29 is 13.2 Å². The van der Waals surface area contributed by atoms with Gasteiger partial charge in [0.25, 0.3) is 0 Å². The largest absolute Gasteiger partial charge is 0.371 e. The Labute approximate surface area is 135 Å². The van der Waals surface area contributed by atoms with Crippen molar-refractivity contribution in [1.29, 1.82) is 0 Å². The summed E-state index contributed by atoms with van der Waals surface area (Å²) >= 11 is 0. The van der Waals surface area contributed by atoms with Crippen molar-refractivity contribution in [2.45, 2.75) is 29.4 Å². The maximum absolute atomic E-state index is 12.7. The summed E-state index contributed by atoms with van der Waals surface area (Å²) in [6.07, 6.45) is 7.04. The molecule has 6 nitrogen and oxygen atoms in total. The molecule has 1 aromatic heterocycles. The first-order valence-electron chi connectivity index (χ1n) is 7.76. The van der Waals surface area contributed by atoms with E-state index in [1.54, 1.807) is 41.1 Å². The third kappa shape index (κ3) is 2.58. The number of benzene rings is 1. The zero-order chi connectivity index (χ0) is 15.9. The molecule has 0 amide bonds. The molecule has 0 saturated carbocycles. The predicted molar refractivity (Wildman–Crippen MR) is 84.4 cm³/mol. The number of nitrogens with zero attached hydrogens (tertiary/aromatic N) is 3. The number of hydrogen-bond donors (Lipinski definition) is 0. The standard InChI is InChI=1S/C16H19N3O3S/c20-23(21,15-4-2-1-3-5-15)19-8-6-16(12-19)10-14(11-22-16)18-9-7-17-13-18/h1-5,7,9,13-14H,6,8,10-12H2/t14-,16+/m1/s1. The number of ether oxygens (including phenoxy) is 1. The van der Waals surface area contributed by atoms with Gasteiger partial charge in [-0.1, -0.05) is 18.2 Å². The van der Waals surface area contributed by atoms with Gasteiger partial charge in [-0.05, 0) is 18.6 Å². The van der Waals surface area contributed by atoms with E-state index in [2.05, 4.69) is 4.98 Å². The van der Waals surface area contributed by atoms with Crippen molar-refractivity contribution in [2.24, 2.45) is 0 Å². The summed E-state index contributed by atoms with van der Waals surface area (Å²) in [4.78, 5) is 4.43. The van der Waals surface area contributed by atoms with E-state index in [1.807, 2.05) is 16.8 Å². The second-order valence-corrected chi connectivity index (χ2v) is 8.20. The number of rotatable bonds is 3. The van der Waals surface area contributed by atoms with Gasteiger partial charge in [-0.15, -0.1) is 0 Å². The predicted octanol–water partition coefficient (Wildman–Crippen LogP) is 1.68. The Morgan fingerprint density at radius 1 is 1.26 bits per heavy atom. The van der Waals surface area contributed by atoms with E-state index in [4.69, 9.17) is 4.74 Å². The monoisotopic (exact) mass is 333 g/mol. The highest BCUT2D eigenvalue weighted by atomic mass is 32.2. The molecule has 0 unspecified atom stereocenters. The first-order valence-corrected chi connectivity index (χ1v) is 9.20. The highest BCUT2D eigenvalue weighted by molar-refractivity contribution is 7.89. The molecule has 2 aliphatic rings. The summed E-state index contributed by atoms with van der Waals surface area (Å²) in [5.41, 5.74) is -0.364. The Balaban J connectivity index is 1.52. The van der Waals surface area contributed by atoms with Crippen LogP contribution in [0.5, 0.6) is 0 Å². The molecule has 2 saturated heterocycles. The molecule has 23 heavy (non-hydrogen) atoms. The topological polar surface area (TPSA) is 64.4 Å². The Bertz CT molecular complexity index is 776. The van der Waals surface area contributed by atoms with Crippen molar-refractivity contribution in [3.05, 3.63) is 49.1 Å². The summed E-state index contributed by atoms with van der Waals surface area (Å²) in [5.74, 6) is 0. The van der Waals surface area contributed by atoms with Crippen LogP contribution in [0.15, 0.2) is 53.9 Å². The lowest BCUT2D eigenvalue weighted by Crippen LogP contribution is -2.35. The van der Waals surface area contributed by atoms with Gasteiger partial charge >= 0.3 is 0 Å². The Morgan fingerprint density at radius 3 is 2.83 bits per heavy atom. The first-order chi connectivity index (χ1) is 11.1. The molecule has 1 aromatic carbocycles. The molecule has 2 aromatic rings. The minimum Gasteiger partial charge on any atom is -0.371 e. The molecule has 0 N–H and O–H groups in total. The molecule has 3 heterocycles. The van der Waals surface area contributed by atoms with E-state index < -0.39 is 10.0 Å². The number of sulfonamides is 1. The number of aromatic nitrogens is 2. The summed E-state index contributed by atoms with van der Waals surface area (Å²) in [5, 5.41) is 0. The molecule has 122 valence electrons. The molecule has 4 rings (SSSR count). The van der Waals surface area contributed by atoms with Crippen molar-refractivity contribution >= 4 is 10.0 Å². The van der Waals surface area contributed by atoms with Gasteiger partial charge in [0.2, 0.25) is 10.0 Å². The third-order valence-electron chi connectivity index (χ3n) is 4.80. The van der Waals surface area contributed by atoms with Crippen molar-refractivity contribution in [3.8, 4) is 0 Å². The van der Waals surface area contributed by atoms with Crippen LogP contribution in [0.1, 0.15) is 18.9 Å². The quantitative estimate of drug-likeness (QED) is 0.857. The third-order valence-corrected chi connectivity index (χ3v) is 6.66. The molecule has 2 fully saturated rings. The molecular formula is C16H19N3O3S. The van der Waals surface area contributed by atoms with Gasteiger partial charge in [0, 0.05) is 31.9 Å². The van der Waals surface area contributed by atoms with Crippen LogP contribution in [0.3, 0.4) is 0 Å². The molecular weight excluding hydrogens is 314 g/mol.